The van der Waals surface area contributed by atoms with E-state index in [1.807, 2.05) is 0 Å². The second-order valence-electron chi connectivity index (χ2n) is 4.89. The molecule has 2 nitrogen and oxygen atoms in total. The Bertz CT molecular complexity index is 346. The van der Waals surface area contributed by atoms with Crippen LogP contribution in [0.15, 0.2) is 12.1 Å². The number of rotatable bonds is 7. The Balaban J connectivity index is 2.95. The molecule has 0 amide bonds. The topological polar surface area (TPSA) is 18.5 Å². The van der Waals surface area contributed by atoms with Gasteiger partial charge in [-0.05, 0) is 49.9 Å². The zero-order valence-corrected chi connectivity index (χ0v) is 13.5. The molecule has 0 aliphatic heterocycles. The molecule has 0 saturated heterocycles. The number of hydrogen-bond acceptors (Lipinski definition) is 2. The molecule has 0 unspecified atom stereocenters. The van der Waals surface area contributed by atoms with E-state index in [1.165, 1.54) is 21.9 Å². The molecule has 0 saturated carbocycles. The van der Waals surface area contributed by atoms with Crippen molar-refractivity contribution in [3.8, 4) is 0 Å². The molecule has 102 valence electrons. The van der Waals surface area contributed by atoms with E-state index in [9.17, 15) is 0 Å². The summed E-state index contributed by atoms with van der Waals surface area (Å²) >= 11 is 0. The van der Waals surface area contributed by atoms with Crippen molar-refractivity contribution < 1.29 is 8.85 Å². The molecule has 1 aromatic rings. The van der Waals surface area contributed by atoms with Crippen LogP contribution in [-0.4, -0.2) is 22.5 Å². The van der Waals surface area contributed by atoms with E-state index in [1.54, 1.807) is 0 Å². The third-order valence-electron chi connectivity index (χ3n) is 2.92. The normalized spacial score (nSPS) is 11.2. The fourth-order valence-corrected chi connectivity index (χ4v) is 4.47. The maximum Gasteiger partial charge on any atom is 0.356 e. The molecule has 3 heteroatoms. The van der Waals surface area contributed by atoms with Gasteiger partial charge in [0.2, 0.25) is 0 Å². The standard InChI is InChI=1S/C15H26O2Si/c1-6-8-16-18(17-9-7-2)15-13(4)10-12(3)11-14(15)5/h10-11,18H,6-9H2,1-5H3. The third-order valence-corrected chi connectivity index (χ3v) is 5.38. The van der Waals surface area contributed by atoms with Crippen LogP contribution in [0.5, 0.6) is 0 Å². The summed E-state index contributed by atoms with van der Waals surface area (Å²) in [6.07, 6.45) is 2.09. The molecule has 0 spiro atoms. The van der Waals surface area contributed by atoms with Crippen LogP contribution in [0.2, 0.25) is 0 Å². The molecule has 0 aliphatic rings. The van der Waals surface area contributed by atoms with Crippen LogP contribution >= 0.6 is 0 Å². The monoisotopic (exact) mass is 266 g/mol. The Morgan fingerprint density at radius 3 is 1.72 bits per heavy atom. The van der Waals surface area contributed by atoms with Gasteiger partial charge in [-0.3, -0.25) is 0 Å². The first-order valence-electron chi connectivity index (χ1n) is 6.91. The van der Waals surface area contributed by atoms with Crippen molar-refractivity contribution in [2.24, 2.45) is 0 Å². The van der Waals surface area contributed by atoms with Crippen molar-refractivity contribution >= 4 is 14.5 Å². The zero-order chi connectivity index (χ0) is 13.5. The van der Waals surface area contributed by atoms with Crippen molar-refractivity contribution in [1.29, 1.82) is 0 Å². The largest absolute Gasteiger partial charge is 0.393 e. The van der Waals surface area contributed by atoms with Gasteiger partial charge in [0, 0.05) is 13.2 Å². The average Bonchev–Trinajstić information content (AvgIpc) is 2.30. The summed E-state index contributed by atoms with van der Waals surface area (Å²) in [6.45, 7) is 12.3. The fourth-order valence-electron chi connectivity index (χ4n) is 2.23. The lowest BCUT2D eigenvalue weighted by atomic mass is 10.1. The van der Waals surface area contributed by atoms with Gasteiger partial charge in [-0.25, -0.2) is 0 Å². The molecular formula is C15H26O2Si. The van der Waals surface area contributed by atoms with Crippen LogP contribution in [-0.2, 0) is 8.85 Å². The summed E-state index contributed by atoms with van der Waals surface area (Å²) in [6, 6.07) is 4.46. The van der Waals surface area contributed by atoms with Crippen LogP contribution in [0.1, 0.15) is 43.4 Å². The second-order valence-corrected chi connectivity index (χ2v) is 6.79. The highest BCUT2D eigenvalue weighted by Gasteiger charge is 2.21. The minimum Gasteiger partial charge on any atom is -0.393 e. The van der Waals surface area contributed by atoms with Crippen LogP contribution in [0.4, 0.5) is 0 Å². The van der Waals surface area contributed by atoms with E-state index in [-0.39, 0.29) is 0 Å². The summed E-state index contributed by atoms with van der Waals surface area (Å²) in [5.41, 5.74) is 3.94. The highest BCUT2D eigenvalue weighted by molar-refractivity contribution is 6.62. The number of hydrogen-bond donors (Lipinski definition) is 0. The van der Waals surface area contributed by atoms with Crippen LogP contribution in [0, 0.1) is 20.8 Å². The average molecular weight is 266 g/mol. The SMILES string of the molecule is CCCO[SiH](OCCC)c1c(C)cc(C)cc1C. The summed E-state index contributed by atoms with van der Waals surface area (Å²) in [7, 11) is -1.73. The molecule has 0 bridgehead atoms. The lowest BCUT2D eigenvalue weighted by Crippen LogP contribution is -2.41. The van der Waals surface area contributed by atoms with E-state index >= 15 is 0 Å². The van der Waals surface area contributed by atoms with Gasteiger partial charge < -0.3 is 8.85 Å². The van der Waals surface area contributed by atoms with E-state index in [4.69, 9.17) is 8.85 Å². The summed E-state index contributed by atoms with van der Waals surface area (Å²) in [5, 5.41) is 1.34. The minimum atomic E-state index is -1.73. The van der Waals surface area contributed by atoms with Gasteiger partial charge in [-0.1, -0.05) is 31.5 Å². The highest BCUT2D eigenvalue weighted by Crippen LogP contribution is 2.09. The fraction of sp³-hybridized carbons (Fsp3) is 0.600. The predicted molar refractivity (Wildman–Crippen MR) is 79.9 cm³/mol. The van der Waals surface area contributed by atoms with Crippen LogP contribution in [0.25, 0.3) is 0 Å². The minimum absolute atomic E-state index is 0.799. The van der Waals surface area contributed by atoms with Crippen molar-refractivity contribution in [2.75, 3.05) is 13.2 Å². The Morgan fingerprint density at radius 2 is 1.33 bits per heavy atom. The van der Waals surface area contributed by atoms with Crippen molar-refractivity contribution in [3.05, 3.63) is 28.8 Å². The summed E-state index contributed by atoms with van der Waals surface area (Å²) in [5.74, 6) is 0. The predicted octanol–water partition coefficient (Wildman–Crippen LogP) is 2.89. The van der Waals surface area contributed by atoms with Gasteiger partial charge in [0.25, 0.3) is 0 Å². The van der Waals surface area contributed by atoms with E-state index < -0.39 is 9.28 Å². The van der Waals surface area contributed by atoms with E-state index in [0.29, 0.717) is 0 Å². The van der Waals surface area contributed by atoms with Crippen molar-refractivity contribution in [1.82, 2.24) is 0 Å². The molecule has 1 rings (SSSR count). The van der Waals surface area contributed by atoms with Crippen molar-refractivity contribution in [2.45, 2.75) is 47.5 Å². The Morgan fingerprint density at radius 1 is 0.889 bits per heavy atom. The van der Waals surface area contributed by atoms with Crippen LogP contribution < -0.4 is 5.19 Å². The van der Waals surface area contributed by atoms with E-state index in [2.05, 4.69) is 46.8 Å². The van der Waals surface area contributed by atoms with Gasteiger partial charge in [-0.2, -0.15) is 0 Å². The Labute approximate surface area is 113 Å². The van der Waals surface area contributed by atoms with Gasteiger partial charge in [-0.15, -0.1) is 0 Å². The number of aryl methyl sites for hydroxylation is 3. The van der Waals surface area contributed by atoms with Gasteiger partial charge in [0.05, 0.1) is 0 Å². The summed E-state index contributed by atoms with van der Waals surface area (Å²) in [4.78, 5) is 0. The number of benzene rings is 1. The third kappa shape index (κ3) is 4.23. The molecule has 0 N–H and O–H groups in total. The van der Waals surface area contributed by atoms with Gasteiger partial charge in [0.1, 0.15) is 0 Å². The highest BCUT2D eigenvalue weighted by atomic mass is 28.3. The van der Waals surface area contributed by atoms with Crippen LogP contribution in [0.3, 0.4) is 0 Å². The zero-order valence-electron chi connectivity index (χ0n) is 12.4. The quantitative estimate of drug-likeness (QED) is 0.707. The maximum atomic E-state index is 6.00. The van der Waals surface area contributed by atoms with Gasteiger partial charge >= 0.3 is 9.28 Å². The Hall–Kier alpha value is -0.643. The molecule has 0 radical (unpaired) electrons. The lowest BCUT2D eigenvalue weighted by Gasteiger charge is -2.21. The maximum absolute atomic E-state index is 6.00. The molecule has 0 aliphatic carbocycles. The van der Waals surface area contributed by atoms with E-state index in [0.717, 1.165) is 26.1 Å². The molecule has 18 heavy (non-hydrogen) atoms. The molecule has 1 aromatic carbocycles. The van der Waals surface area contributed by atoms with Crippen molar-refractivity contribution in [3.63, 3.8) is 0 Å². The molecular weight excluding hydrogens is 240 g/mol. The first kappa shape index (κ1) is 15.4. The van der Waals surface area contributed by atoms with Gasteiger partial charge in [0.15, 0.2) is 0 Å². The first-order chi connectivity index (χ1) is 8.60. The molecule has 0 atom stereocenters. The molecule has 0 aromatic heterocycles. The smallest absolute Gasteiger partial charge is 0.356 e. The lowest BCUT2D eigenvalue weighted by molar-refractivity contribution is 0.207. The molecule has 0 heterocycles. The second kappa shape index (κ2) is 7.72. The molecule has 0 fully saturated rings. The summed E-state index contributed by atoms with van der Waals surface area (Å²) < 4.78 is 12.0. The Kier molecular flexibility index (Phi) is 6.61. The first-order valence-corrected chi connectivity index (χ1v) is 8.43.